The van der Waals surface area contributed by atoms with Gasteiger partial charge in [-0.15, -0.1) is 0 Å². The molecule has 0 radical (unpaired) electrons. The number of rotatable bonds is 1. The van der Waals surface area contributed by atoms with Gasteiger partial charge in [-0.1, -0.05) is 18.2 Å². The fourth-order valence-electron chi connectivity index (χ4n) is 0.807. The Morgan fingerprint density at radius 1 is 1.57 bits per heavy atom. The molecule has 0 aliphatic heterocycles. The lowest BCUT2D eigenvalue weighted by Crippen LogP contribution is -1.98. The molecule has 0 heterocycles. The first-order chi connectivity index (χ1) is 6.61. The minimum absolute atomic E-state index is 0.434. The van der Waals surface area contributed by atoms with E-state index in [-0.39, 0.29) is 0 Å². The molecule has 0 aliphatic carbocycles. The van der Waals surface area contributed by atoms with Crippen LogP contribution in [0.2, 0.25) is 0 Å². The molecule has 0 aliphatic rings. The molecule has 0 unspecified atom stereocenters. The minimum atomic E-state index is -0.833. The number of hydrogen-bond donors (Lipinski definition) is 2. The number of aliphatic carboxylic acids is 1. The maximum Gasteiger partial charge on any atom is 0.300 e. The highest BCUT2D eigenvalue weighted by Gasteiger charge is 1.94. The molecule has 0 atom stereocenters. The van der Waals surface area contributed by atoms with Crippen LogP contribution in [-0.4, -0.2) is 11.1 Å². The van der Waals surface area contributed by atoms with E-state index in [4.69, 9.17) is 20.9 Å². The zero-order valence-corrected chi connectivity index (χ0v) is 7.90. The highest BCUT2D eigenvalue weighted by molar-refractivity contribution is 5.62. The second kappa shape index (κ2) is 6.63. The van der Waals surface area contributed by atoms with E-state index in [1.807, 2.05) is 18.2 Å². The number of nitriles is 1. The highest BCUT2D eigenvalue weighted by atomic mass is 16.4. The predicted octanol–water partition coefficient (Wildman–Crippen LogP) is 1.11. The van der Waals surface area contributed by atoms with E-state index < -0.39 is 5.97 Å². The molecule has 0 saturated carbocycles. The highest BCUT2D eigenvalue weighted by Crippen LogP contribution is 2.04. The van der Waals surface area contributed by atoms with Gasteiger partial charge in [-0.25, -0.2) is 0 Å². The molecule has 14 heavy (non-hydrogen) atoms. The second-order valence-electron chi connectivity index (χ2n) is 2.49. The molecule has 0 bridgehead atoms. The van der Waals surface area contributed by atoms with Gasteiger partial charge in [0.05, 0.1) is 11.6 Å². The van der Waals surface area contributed by atoms with Crippen LogP contribution in [0.3, 0.4) is 0 Å². The topological polar surface area (TPSA) is 87.1 Å². The van der Waals surface area contributed by atoms with E-state index in [0.29, 0.717) is 12.1 Å². The maximum atomic E-state index is 9.00. The first kappa shape index (κ1) is 12.1. The van der Waals surface area contributed by atoms with Crippen LogP contribution in [-0.2, 0) is 11.3 Å². The van der Waals surface area contributed by atoms with Gasteiger partial charge in [-0.2, -0.15) is 5.26 Å². The van der Waals surface area contributed by atoms with Gasteiger partial charge < -0.3 is 10.8 Å². The molecule has 1 rings (SSSR count). The Balaban J connectivity index is 0.000000364. The molecule has 4 nitrogen and oxygen atoms in total. The Kier molecular flexibility index (Phi) is 5.75. The van der Waals surface area contributed by atoms with Gasteiger partial charge >= 0.3 is 0 Å². The van der Waals surface area contributed by atoms with Gasteiger partial charge in [0.15, 0.2) is 0 Å². The molecule has 0 saturated heterocycles. The summed E-state index contributed by atoms with van der Waals surface area (Å²) >= 11 is 0. The summed E-state index contributed by atoms with van der Waals surface area (Å²) in [5, 5.41) is 16.0. The van der Waals surface area contributed by atoms with Crippen molar-refractivity contribution in [3.05, 3.63) is 35.4 Å². The fraction of sp³-hybridized carbons (Fsp3) is 0.200. The molecule has 1 aromatic carbocycles. The Hall–Kier alpha value is -1.86. The zero-order valence-electron chi connectivity index (χ0n) is 7.90. The summed E-state index contributed by atoms with van der Waals surface area (Å²) in [5.74, 6) is -0.833. The lowest BCUT2D eigenvalue weighted by molar-refractivity contribution is -0.134. The second-order valence-corrected chi connectivity index (χ2v) is 2.49. The van der Waals surface area contributed by atoms with Gasteiger partial charge in [-0.3, -0.25) is 4.79 Å². The van der Waals surface area contributed by atoms with Crippen LogP contribution in [0.4, 0.5) is 0 Å². The summed E-state index contributed by atoms with van der Waals surface area (Å²) in [5.41, 5.74) is 6.95. The molecular formula is C10H12N2O2. The van der Waals surface area contributed by atoms with E-state index in [0.717, 1.165) is 12.5 Å². The van der Waals surface area contributed by atoms with Crippen molar-refractivity contribution in [2.24, 2.45) is 5.73 Å². The summed E-state index contributed by atoms with van der Waals surface area (Å²) in [4.78, 5) is 9.00. The van der Waals surface area contributed by atoms with Crippen molar-refractivity contribution in [1.82, 2.24) is 0 Å². The third-order valence-electron chi connectivity index (χ3n) is 1.36. The summed E-state index contributed by atoms with van der Waals surface area (Å²) < 4.78 is 0. The lowest BCUT2D eigenvalue weighted by Gasteiger charge is -1.96. The van der Waals surface area contributed by atoms with E-state index in [1.54, 1.807) is 6.07 Å². The third-order valence-corrected chi connectivity index (χ3v) is 1.36. The Bertz CT molecular complexity index is 338. The quantitative estimate of drug-likeness (QED) is 0.697. The van der Waals surface area contributed by atoms with Gasteiger partial charge in [-0.05, 0) is 11.6 Å². The zero-order chi connectivity index (χ0) is 11.0. The summed E-state index contributed by atoms with van der Waals surface area (Å²) in [6, 6.07) is 9.40. The number of carboxylic acid groups (broad SMARTS) is 1. The minimum Gasteiger partial charge on any atom is -0.481 e. The van der Waals surface area contributed by atoms with E-state index in [9.17, 15) is 0 Å². The Morgan fingerprint density at radius 3 is 2.43 bits per heavy atom. The van der Waals surface area contributed by atoms with Gasteiger partial charge in [0.25, 0.3) is 5.97 Å². The smallest absolute Gasteiger partial charge is 0.300 e. The molecule has 0 aromatic heterocycles. The average Bonchev–Trinajstić information content (AvgIpc) is 2.17. The van der Waals surface area contributed by atoms with Crippen molar-refractivity contribution in [2.45, 2.75) is 13.5 Å². The van der Waals surface area contributed by atoms with E-state index >= 15 is 0 Å². The number of nitrogens with two attached hydrogens (primary N) is 1. The number of carbonyl (C=O) groups is 1. The summed E-state index contributed by atoms with van der Waals surface area (Å²) in [6.07, 6.45) is 0. The van der Waals surface area contributed by atoms with Crippen LogP contribution in [0, 0.1) is 11.3 Å². The number of nitrogens with zero attached hydrogens (tertiary/aromatic N) is 1. The monoisotopic (exact) mass is 192 g/mol. The van der Waals surface area contributed by atoms with Gasteiger partial charge in [0.1, 0.15) is 0 Å². The van der Waals surface area contributed by atoms with Crippen molar-refractivity contribution in [1.29, 1.82) is 5.26 Å². The molecular weight excluding hydrogens is 180 g/mol. The molecule has 1 aromatic rings. The first-order valence-corrected chi connectivity index (χ1v) is 3.99. The van der Waals surface area contributed by atoms with Crippen LogP contribution < -0.4 is 5.73 Å². The van der Waals surface area contributed by atoms with Crippen molar-refractivity contribution in [2.75, 3.05) is 0 Å². The SMILES string of the molecule is CC(=O)O.N#Cc1ccccc1CN. The van der Waals surface area contributed by atoms with E-state index in [1.165, 1.54) is 0 Å². The van der Waals surface area contributed by atoms with Crippen molar-refractivity contribution < 1.29 is 9.90 Å². The number of carboxylic acids is 1. The van der Waals surface area contributed by atoms with Crippen molar-refractivity contribution in [3.8, 4) is 6.07 Å². The molecule has 0 amide bonds. The first-order valence-electron chi connectivity index (χ1n) is 3.99. The molecule has 74 valence electrons. The predicted molar refractivity (Wildman–Crippen MR) is 52.4 cm³/mol. The molecule has 3 N–H and O–H groups in total. The van der Waals surface area contributed by atoms with Crippen LogP contribution in [0.1, 0.15) is 18.1 Å². The van der Waals surface area contributed by atoms with Crippen LogP contribution in [0.25, 0.3) is 0 Å². The van der Waals surface area contributed by atoms with Crippen LogP contribution in [0.15, 0.2) is 24.3 Å². The lowest BCUT2D eigenvalue weighted by atomic mass is 10.1. The van der Waals surface area contributed by atoms with Gasteiger partial charge in [0.2, 0.25) is 0 Å². The molecule has 4 heteroatoms. The largest absolute Gasteiger partial charge is 0.481 e. The maximum absolute atomic E-state index is 9.00. The van der Waals surface area contributed by atoms with Crippen molar-refractivity contribution >= 4 is 5.97 Å². The van der Waals surface area contributed by atoms with E-state index in [2.05, 4.69) is 6.07 Å². The van der Waals surface area contributed by atoms with Crippen LogP contribution >= 0.6 is 0 Å². The van der Waals surface area contributed by atoms with Crippen molar-refractivity contribution in [3.63, 3.8) is 0 Å². The molecule has 0 spiro atoms. The molecule has 0 fully saturated rings. The summed E-state index contributed by atoms with van der Waals surface area (Å²) in [7, 11) is 0. The van der Waals surface area contributed by atoms with Gasteiger partial charge in [0, 0.05) is 13.5 Å². The Labute approximate surface area is 82.6 Å². The normalized spacial score (nSPS) is 8.07. The number of benzene rings is 1. The number of hydrogen-bond acceptors (Lipinski definition) is 3. The standard InChI is InChI=1S/C8H8N2.C2H4O2/c9-5-7-3-1-2-4-8(7)6-10;1-2(3)4/h1-4H,5,9H2;1H3,(H,3,4). The fourth-order valence-corrected chi connectivity index (χ4v) is 0.807. The third kappa shape index (κ3) is 4.91. The van der Waals surface area contributed by atoms with Crippen LogP contribution in [0.5, 0.6) is 0 Å². The average molecular weight is 192 g/mol. The Morgan fingerprint density at radius 2 is 2.07 bits per heavy atom. The summed E-state index contributed by atoms with van der Waals surface area (Å²) in [6.45, 7) is 1.52.